The van der Waals surface area contributed by atoms with Crippen LogP contribution in [-0.2, 0) is 4.79 Å². The number of carbonyl (C=O) groups excluding carboxylic acids is 1. The summed E-state index contributed by atoms with van der Waals surface area (Å²) in [4.78, 5) is 22.3. The van der Waals surface area contributed by atoms with Gasteiger partial charge in [0.15, 0.2) is 0 Å². The van der Waals surface area contributed by atoms with Crippen LogP contribution in [0, 0.1) is 5.82 Å². The maximum atomic E-state index is 13.4. The van der Waals surface area contributed by atoms with Gasteiger partial charge in [0.2, 0.25) is 0 Å². The van der Waals surface area contributed by atoms with E-state index in [4.69, 9.17) is 16.7 Å². The number of carboxylic acid groups (broad SMARTS) is 1. The Kier molecular flexibility index (Phi) is 5.09. The van der Waals surface area contributed by atoms with E-state index in [1.807, 2.05) is 0 Å². The highest BCUT2D eigenvalue weighted by Crippen LogP contribution is 2.15. The average molecular weight is 274 g/mol. The second-order valence-corrected chi connectivity index (χ2v) is 4.24. The van der Waals surface area contributed by atoms with Gasteiger partial charge in [0.1, 0.15) is 5.82 Å². The molecule has 0 aliphatic heterocycles. The summed E-state index contributed by atoms with van der Waals surface area (Å²) in [7, 11) is 0. The van der Waals surface area contributed by atoms with Gasteiger partial charge in [0.25, 0.3) is 5.91 Å². The minimum Gasteiger partial charge on any atom is -0.481 e. The van der Waals surface area contributed by atoms with Crippen LogP contribution in [0.25, 0.3) is 0 Å². The van der Waals surface area contributed by atoms with Gasteiger partial charge < -0.3 is 10.4 Å². The summed E-state index contributed by atoms with van der Waals surface area (Å²) < 4.78 is 13.4. The summed E-state index contributed by atoms with van der Waals surface area (Å²) in [5.41, 5.74) is -0.189. The fraction of sp³-hybridized carbons (Fsp3) is 0.333. The van der Waals surface area contributed by atoms with Crippen molar-refractivity contribution in [2.45, 2.75) is 25.8 Å². The van der Waals surface area contributed by atoms with Gasteiger partial charge in [-0.3, -0.25) is 9.59 Å². The van der Waals surface area contributed by atoms with Gasteiger partial charge in [-0.15, -0.1) is 0 Å². The minimum absolute atomic E-state index is 0.189. The Balaban J connectivity index is 2.80. The van der Waals surface area contributed by atoms with Crippen molar-refractivity contribution < 1.29 is 19.1 Å². The van der Waals surface area contributed by atoms with Gasteiger partial charge in [-0.2, -0.15) is 0 Å². The number of hydrogen-bond acceptors (Lipinski definition) is 2. The van der Waals surface area contributed by atoms with Crippen molar-refractivity contribution in [3.05, 3.63) is 34.6 Å². The van der Waals surface area contributed by atoms with Crippen molar-refractivity contribution in [3.8, 4) is 0 Å². The molecule has 1 amide bonds. The van der Waals surface area contributed by atoms with Crippen LogP contribution in [-0.4, -0.2) is 23.0 Å². The second kappa shape index (κ2) is 6.35. The van der Waals surface area contributed by atoms with Gasteiger partial charge in [-0.05, 0) is 24.6 Å². The number of rotatable bonds is 5. The average Bonchev–Trinajstić information content (AvgIpc) is 2.30. The lowest BCUT2D eigenvalue weighted by atomic mass is 10.1. The highest BCUT2D eigenvalue weighted by molar-refractivity contribution is 6.31. The van der Waals surface area contributed by atoms with Crippen LogP contribution in [0.4, 0.5) is 4.39 Å². The highest BCUT2D eigenvalue weighted by Gasteiger charge is 2.18. The van der Waals surface area contributed by atoms with Crippen molar-refractivity contribution >= 4 is 23.5 Å². The van der Waals surface area contributed by atoms with E-state index in [0.717, 1.165) is 6.07 Å². The molecule has 0 fully saturated rings. The normalized spacial score (nSPS) is 11.9. The lowest BCUT2D eigenvalue weighted by molar-refractivity contribution is -0.137. The molecular weight excluding hydrogens is 261 g/mol. The van der Waals surface area contributed by atoms with Gasteiger partial charge >= 0.3 is 5.97 Å². The number of benzene rings is 1. The van der Waals surface area contributed by atoms with E-state index in [1.165, 1.54) is 12.1 Å². The Labute approximate surface area is 109 Å². The number of hydrogen-bond donors (Lipinski definition) is 2. The van der Waals surface area contributed by atoms with Crippen LogP contribution in [0.2, 0.25) is 5.02 Å². The zero-order valence-electron chi connectivity index (χ0n) is 9.74. The zero-order valence-corrected chi connectivity index (χ0v) is 10.5. The molecule has 2 N–H and O–H groups in total. The molecule has 0 saturated carbocycles. The predicted molar refractivity (Wildman–Crippen MR) is 65.2 cm³/mol. The van der Waals surface area contributed by atoms with Gasteiger partial charge in [-0.25, -0.2) is 4.39 Å². The molecule has 1 aromatic rings. The van der Waals surface area contributed by atoms with E-state index >= 15 is 0 Å². The predicted octanol–water partition coefficient (Wildman–Crippen LogP) is 2.46. The van der Waals surface area contributed by atoms with Crippen molar-refractivity contribution in [1.82, 2.24) is 5.32 Å². The maximum absolute atomic E-state index is 13.4. The summed E-state index contributed by atoms with van der Waals surface area (Å²) >= 11 is 5.67. The Morgan fingerprint density at radius 2 is 2.17 bits per heavy atom. The molecule has 1 atom stereocenters. The smallest absolute Gasteiger partial charge is 0.305 e. The first-order valence-corrected chi connectivity index (χ1v) is 5.79. The molecule has 0 aliphatic rings. The largest absolute Gasteiger partial charge is 0.481 e. The molecular formula is C12H13ClFNO3. The summed E-state index contributed by atoms with van der Waals surface area (Å²) in [6, 6.07) is 3.10. The quantitative estimate of drug-likeness (QED) is 0.866. The third kappa shape index (κ3) is 4.00. The molecule has 1 rings (SSSR count). The third-order valence-electron chi connectivity index (χ3n) is 2.42. The molecule has 0 saturated heterocycles. The molecule has 0 aliphatic carbocycles. The fourth-order valence-corrected chi connectivity index (χ4v) is 1.61. The molecule has 0 radical (unpaired) electrons. The Morgan fingerprint density at radius 1 is 1.50 bits per heavy atom. The van der Waals surface area contributed by atoms with Crippen LogP contribution in [0.1, 0.15) is 30.1 Å². The number of aliphatic carboxylic acids is 1. The molecule has 6 heteroatoms. The van der Waals surface area contributed by atoms with Crippen LogP contribution in [0.5, 0.6) is 0 Å². The molecule has 0 bridgehead atoms. The van der Waals surface area contributed by atoms with Crippen molar-refractivity contribution in [1.29, 1.82) is 0 Å². The number of nitrogens with one attached hydrogen (secondary N) is 1. The highest BCUT2D eigenvalue weighted by atomic mass is 35.5. The van der Waals surface area contributed by atoms with E-state index < -0.39 is 23.7 Å². The number of carbonyl (C=O) groups is 2. The van der Waals surface area contributed by atoms with Gasteiger partial charge in [0.05, 0.1) is 12.0 Å². The summed E-state index contributed by atoms with van der Waals surface area (Å²) in [6.45, 7) is 1.74. The SMILES string of the molecule is CCC(CC(=O)O)NC(=O)c1cc(Cl)ccc1F. The number of carboxylic acids is 1. The van der Waals surface area contributed by atoms with E-state index in [-0.39, 0.29) is 17.0 Å². The second-order valence-electron chi connectivity index (χ2n) is 3.80. The Bertz CT molecular complexity index is 465. The van der Waals surface area contributed by atoms with E-state index in [2.05, 4.69) is 5.32 Å². The monoisotopic (exact) mass is 273 g/mol. The lowest BCUT2D eigenvalue weighted by Crippen LogP contribution is -2.36. The fourth-order valence-electron chi connectivity index (χ4n) is 1.44. The van der Waals surface area contributed by atoms with Crippen LogP contribution < -0.4 is 5.32 Å². The van der Waals surface area contributed by atoms with E-state index in [0.29, 0.717) is 6.42 Å². The van der Waals surface area contributed by atoms with Crippen molar-refractivity contribution in [2.24, 2.45) is 0 Å². The molecule has 1 aromatic carbocycles. The first kappa shape index (κ1) is 14.4. The number of amides is 1. The maximum Gasteiger partial charge on any atom is 0.305 e. The molecule has 98 valence electrons. The molecule has 1 unspecified atom stereocenters. The summed E-state index contributed by atoms with van der Waals surface area (Å²) in [5, 5.41) is 11.4. The van der Waals surface area contributed by atoms with Crippen molar-refractivity contribution in [3.63, 3.8) is 0 Å². The van der Waals surface area contributed by atoms with Crippen molar-refractivity contribution in [2.75, 3.05) is 0 Å². The van der Waals surface area contributed by atoms with Gasteiger partial charge in [0, 0.05) is 11.1 Å². The van der Waals surface area contributed by atoms with Crippen LogP contribution >= 0.6 is 11.6 Å². The standard InChI is InChI=1S/C12H13ClFNO3/c1-2-8(6-11(16)17)15-12(18)9-5-7(13)3-4-10(9)14/h3-5,8H,2,6H2,1H3,(H,15,18)(H,16,17). The van der Waals surface area contributed by atoms with Gasteiger partial charge in [-0.1, -0.05) is 18.5 Å². The molecule has 0 spiro atoms. The third-order valence-corrected chi connectivity index (χ3v) is 2.66. The Hall–Kier alpha value is -1.62. The topological polar surface area (TPSA) is 66.4 Å². The van der Waals surface area contributed by atoms with Crippen LogP contribution in [0.3, 0.4) is 0 Å². The lowest BCUT2D eigenvalue weighted by Gasteiger charge is -2.15. The Morgan fingerprint density at radius 3 is 2.72 bits per heavy atom. The summed E-state index contributed by atoms with van der Waals surface area (Å²) in [6.07, 6.45) is 0.241. The molecule has 4 nitrogen and oxygen atoms in total. The van der Waals surface area contributed by atoms with E-state index in [1.54, 1.807) is 6.92 Å². The zero-order chi connectivity index (χ0) is 13.7. The first-order valence-electron chi connectivity index (χ1n) is 5.41. The molecule has 18 heavy (non-hydrogen) atoms. The molecule has 0 aromatic heterocycles. The first-order chi connectivity index (χ1) is 8.43. The van der Waals surface area contributed by atoms with Crippen LogP contribution in [0.15, 0.2) is 18.2 Å². The summed E-state index contributed by atoms with van der Waals surface area (Å²) in [5.74, 6) is -2.38. The molecule has 0 heterocycles. The number of halogens is 2. The minimum atomic E-state index is -1.02. The van der Waals surface area contributed by atoms with E-state index in [9.17, 15) is 14.0 Å².